The summed E-state index contributed by atoms with van der Waals surface area (Å²) in [6.07, 6.45) is -0.241. The Hall–Kier alpha value is -2.69. The lowest BCUT2D eigenvalue weighted by atomic mass is 10.1. The van der Waals surface area contributed by atoms with Gasteiger partial charge in [-0.15, -0.1) is 0 Å². The molecule has 1 aliphatic heterocycles. The zero-order chi connectivity index (χ0) is 15.5. The number of fused-ring (bicyclic) bond motifs is 1. The zero-order valence-corrected chi connectivity index (χ0v) is 12.2. The van der Waals surface area contributed by atoms with Gasteiger partial charge in [-0.05, 0) is 24.3 Å². The van der Waals surface area contributed by atoms with Crippen LogP contribution in [0.4, 0.5) is 0 Å². The zero-order valence-electron chi connectivity index (χ0n) is 12.2. The third-order valence-corrected chi connectivity index (χ3v) is 3.53. The number of phenolic OH excluding ortho intramolecular Hbond substituents is 1. The maximum Gasteiger partial charge on any atom is 0.257 e. The number of nitrogens with zero attached hydrogens (tertiary/aromatic N) is 1. The van der Waals surface area contributed by atoms with E-state index in [1.807, 2.05) is 24.3 Å². The fourth-order valence-electron chi connectivity index (χ4n) is 2.40. The Morgan fingerprint density at radius 1 is 1.18 bits per heavy atom. The number of carbonyl (C=O) groups excluding carboxylic acids is 1. The van der Waals surface area contributed by atoms with E-state index in [0.29, 0.717) is 24.7 Å². The number of carbonyl (C=O) groups is 1. The summed E-state index contributed by atoms with van der Waals surface area (Å²) in [5.74, 6) is 1.13. The molecule has 5 heteroatoms. The summed E-state index contributed by atoms with van der Waals surface area (Å²) >= 11 is 0. The summed E-state index contributed by atoms with van der Waals surface area (Å²) < 4.78 is 11.5. The molecule has 114 valence electrons. The second kappa shape index (κ2) is 5.97. The van der Waals surface area contributed by atoms with Crippen LogP contribution in [-0.2, 0) is 0 Å². The molecule has 0 fully saturated rings. The summed E-state index contributed by atoms with van der Waals surface area (Å²) in [5.41, 5.74) is 0.280. The van der Waals surface area contributed by atoms with Gasteiger partial charge in [-0.2, -0.15) is 0 Å². The van der Waals surface area contributed by atoms with Crippen molar-refractivity contribution in [1.82, 2.24) is 4.90 Å². The number of hydrogen-bond donors (Lipinski definition) is 1. The van der Waals surface area contributed by atoms with Gasteiger partial charge in [-0.25, -0.2) is 0 Å². The summed E-state index contributed by atoms with van der Waals surface area (Å²) in [5, 5.41) is 9.76. The van der Waals surface area contributed by atoms with Crippen LogP contribution >= 0.6 is 0 Å². The number of phenols is 1. The molecular weight excluding hydrogens is 282 g/mol. The molecule has 0 saturated carbocycles. The fourth-order valence-corrected chi connectivity index (χ4v) is 2.40. The summed E-state index contributed by atoms with van der Waals surface area (Å²) in [7, 11) is 1.68. The Kier molecular flexibility index (Phi) is 3.87. The molecule has 1 heterocycles. The van der Waals surface area contributed by atoms with E-state index in [0.717, 1.165) is 0 Å². The second-order valence-electron chi connectivity index (χ2n) is 5.20. The topological polar surface area (TPSA) is 59.0 Å². The normalized spacial score (nSPS) is 16.1. The van der Waals surface area contributed by atoms with Crippen LogP contribution in [0.2, 0.25) is 0 Å². The van der Waals surface area contributed by atoms with Crippen molar-refractivity contribution in [3.63, 3.8) is 0 Å². The van der Waals surface area contributed by atoms with Gasteiger partial charge in [0.25, 0.3) is 5.91 Å². The quantitative estimate of drug-likeness (QED) is 0.945. The van der Waals surface area contributed by atoms with Gasteiger partial charge in [-0.3, -0.25) is 4.79 Å². The summed E-state index contributed by atoms with van der Waals surface area (Å²) in [6.45, 7) is 0.761. The van der Waals surface area contributed by atoms with Crippen LogP contribution in [0.3, 0.4) is 0 Å². The molecule has 3 rings (SSSR count). The van der Waals surface area contributed by atoms with Crippen LogP contribution in [0.25, 0.3) is 0 Å². The maximum absolute atomic E-state index is 12.4. The molecule has 1 amide bonds. The van der Waals surface area contributed by atoms with Crippen LogP contribution in [0.1, 0.15) is 10.4 Å². The molecule has 1 N–H and O–H groups in total. The third kappa shape index (κ3) is 2.83. The highest BCUT2D eigenvalue weighted by Crippen LogP contribution is 2.31. The average molecular weight is 299 g/mol. The van der Waals surface area contributed by atoms with Gasteiger partial charge in [0.05, 0.1) is 12.1 Å². The molecule has 5 nitrogen and oxygen atoms in total. The maximum atomic E-state index is 12.4. The molecule has 0 bridgehead atoms. The van der Waals surface area contributed by atoms with Crippen molar-refractivity contribution in [1.29, 1.82) is 0 Å². The van der Waals surface area contributed by atoms with Gasteiger partial charge in [0.1, 0.15) is 12.4 Å². The molecule has 0 radical (unpaired) electrons. The second-order valence-corrected chi connectivity index (χ2v) is 5.20. The molecule has 22 heavy (non-hydrogen) atoms. The van der Waals surface area contributed by atoms with Gasteiger partial charge in [-0.1, -0.05) is 24.3 Å². The minimum Gasteiger partial charge on any atom is -0.507 e. The van der Waals surface area contributed by atoms with Crippen molar-refractivity contribution in [2.24, 2.45) is 0 Å². The van der Waals surface area contributed by atoms with Crippen molar-refractivity contribution in [2.45, 2.75) is 6.10 Å². The number of benzene rings is 2. The van der Waals surface area contributed by atoms with E-state index in [-0.39, 0.29) is 23.3 Å². The first-order valence-electron chi connectivity index (χ1n) is 7.07. The number of para-hydroxylation sites is 3. The van der Waals surface area contributed by atoms with Crippen molar-refractivity contribution in [3.05, 3.63) is 54.1 Å². The van der Waals surface area contributed by atoms with Gasteiger partial charge in [0.2, 0.25) is 0 Å². The first kappa shape index (κ1) is 14.3. The lowest BCUT2D eigenvalue weighted by Gasteiger charge is -2.29. The predicted octanol–water partition coefficient (Wildman–Crippen LogP) is 2.30. The van der Waals surface area contributed by atoms with Gasteiger partial charge in [0.15, 0.2) is 17.6 Å². The Morgan fingerprint density at radius 2 is 1.86 bits per heavy atom. The van der Waals surface area contributed by atoms with E-state index in [2.05, 4.69) is 0 Å². The van der Waals surface area contributed by atoms with Gasteiger partial charge < -0.3 is 19.5 Å². The van der Waals surface area contributed by atoms with Crippen LogP contribution in [0.15, 0.2) is 48.5 Å². The summed E-state index contributed by atoms with van der Waals surface area (Å²) in [4.78, 5) is 13.9. The Balaban J connectivity index is 1.67. The molecule has 2 aromatic carbocycles. The van der Waals surface area contributed by atoms with Gasteiger partial charge >= 0.3 is 0 Å². The lowest BCUT2D eigenvalue weighted by Crippen LogP contribution is -2.41. The minimum absolute atomic E-state index is 0.0227. The Bertz CT molecular complexity index is 686. The first-order chi connectivity index (χ1) is 10.6. The number of rotatable bonds is 3. The Morgan fingerprint density at radius 3 is 2.64 bits per heavy atom. The molecule has 1 atom stereocenters. The number of ether oxygens (including phenoxy) is 2. The molecule has 1 unspecified atom stereocenters. The lowest BCUT2D eigenvalue weighted by molar-refractivity contribution is 0.0519. The van der Waals surface area contributed by atoms with E-state index in [4.69, 9.17) is 9.47 Å². The standard InChI is InChI=1S/C17H17NO4/c1-18(17(20)13-6-2-3-7-14(13)19)10-12-11-21-15-8-4-5-9-16(15)22-12/h2-9,12,19H,10-11H2,1H3. The van der Waals surface area contributed by atoms with Crippen molar-refractivity contribution in [3.8, 4) is 17.2 Å². The molecule has 0 spiro atoms. The van der Waals surface area contributed by atoms with E-state index in [9.17, 15) is 9.90 Å². The Labute approximate surface area is 128 Å². The average Bonchev–Trinajstić information content (AvgIpc) is 2.54. The molecule has 0 aromatic heterocycles. The van der Waals surface area contributed by atoms with E-state index in [1.54, 1.807) is 25.2 Å². The molecule has 0 aliphatic carbocycles. The molecular formula is C17H17NO4. The fraction of sp³-hybridized carbons (Fsp3) is 0.235. The van der Waals surface area contributed by atoms with E-state index < -0.39 is 0 Å². The number of amides is 1. The van der Waals surface area contributed by atoms with E-state index in [1.165, 1.54) is 11.0 Å². The van der Waals surface area contributed by atoms with Gasteiger partial charge in [0, 0.05) is 7.05 Å². The number of aromatic hydroxyl groups is 1. The van der Waals surface area contributed by atoms with Crippen molar-refractivity contribution in [2.75, 3.05) is 20.2 Å². The minimum atomic E-state index is -0.249. The number of hydrogen-bond acceptors (Lipinski definition) is 4. The molecule has 2 aromatic rings. The highest BCUT2D eigenvalue weighted by molar-refractivity contribution is 5.96. The van der Waals surface area contributed by atoms with Crippen LogP contribution in [0, 0.1) is 0 Å². The highest BCUT2D eigenvalue weighted by Gasteiger charge is 2.24. The first-order valence-corrected chi connectivity index (χ1v) is 7.07. The molecule has 0 saturated heterocycles. The monoisotopic (exact) mass is 299 g/mol. The highest BCUT2D eigenvalue weighted by atomic mass is 16.6. The van der Waals surface area contributed by atoms with E-state index >= 15 is 0 Å². The van der Waals surface area contributed by atoms with Crippen LogP contribution < -0.4 is 9.47 Å². The summed E-state index contributed by atoms with van der Waals surface area (Å²) in [6, 6.07) is 13.9. The largest absolute Gasteiger partial charge is 0.507 e. The SMILES string of the molecule is CN(CC1COc2ccccc2O1)C(=O)c1ccccc1O. The smallest absolute Gasteiger partial charge is 0.257 e. The predicted molar refractivity (Wildman–Crippen MR) is 81.4 cm³/mol. The number of likely N-dealkylation sites (N-methyl/N-ethyl adjacent to an activating group) is 1. The van der Waals surface area contributed by atoms with Crippen LogP contribution in [0.5, 0.6) is 17.2 Å². The van der Waals surface area contributed by atoms with Crippen LogP contribution in [-0.4, -0.2) is 42.2 Å². The van der Waals surface area contributed by atoms with Crippen molar-refractivity contribution >= 4 is 5.91 Å². The van der Waals surface area contributed by atoms with Crippen molar-refractivity contribution < 1.29 is 19.4 Å². The third-order valence-electron chi connectivity index (χ3n) is 3.53. The molecule has 1 aliphatic rings.